The molecule has 0 aliphatic carbocycles. The van der Waals surface area contributed by atoms with E-state index in [1.165, 1.54) is 0 Å². The number of alkyl halides is 1. The van der Waals surface area contributed by atoms with Gasteiger partial charge in [-0.05, 0) is 44.7 Å². The molecule has 0 aliphatic heterocycles. The van der Waals surface area contributed by atoms with Crippen LogP contribution >= 0.6 is 11.6 Å². The number of hydrogen-bond acceptors (Lipinski definition) is 6. The number of rotatable bonds is 7. The number of halogens is 1. The van der Waals surface area contributed by atoms with Crippen molar-refractivity contribution >= 4 is 29.2 Å². The average Bonchev–Trinajstić information content (AvgIpc) is 3.10. The largest absolute Gasteiger partial charge is 0.373 e. The van der Waals surface area contributed by atoms with Crippen LogP contribution in [0.25, 0.3) is 0 Å². The Morgan fingerprint density at radius 3 is 2.11 bits per heavy atom. The molecule has 2 aromatic rings. The van der Waals surface area contributed by atoms with Crippen LogP contribution < -0.4 is 21.7 Å². The molecule has 11 heteroatoms. The van der Waals surface area contributed by atoms with Crippen molar-refractivity contribution in [1.29, 1.82) is 0 Å². The molecule has 0 radical (unpaired) electrons. The van der Waals surface area contributed by atoms with Gasteiger partial charge in [0.2, 0.25) is 5.91 Å². The number of ether oxygens (including phenoxy) is 1. The quantitative estimate of drug-likeness (QED) is 0.335. The minimum absolute atomic E-state index is 0.0311. The third-order valence-corrected chi connectivity index (χ3v) is 5.16. The molecule has 0 spiro atoms. The van der Waals surface area contributed by atoms with Gasteiger partial charge in [0.15, 0.2) is 5.82 Å². The first-order chi connectivity index (χ1) is 16.3. The van der Waals surface area contributed by atoms with Gasteiger partial charge in [-0.25, -0.2) is 9.59 Å². The number of benzene rings is 1. The number of methoxy groups -OCH3 is 1. The van der Waals surface area contributed by atoms with E-state index in [9.17, 15) is 14.4 Å². The Morgan fingerprint density at radius 2 is 1.74 bits per heavy atom. The second-order valence-electron chi connectivity index (χ2n) is 9.26. The summed E-state index contributed by atoms with van der Waals surface area (Å²) in [6.07, 6.45) is 1.75. The monoisotopic (exact) mass is 510 g/mol. The number of nitrogen functional groups attached to an aromatic ring is 1. The van der Waals surface area contributed by atoms with E-state index in [4.69, 9.17) is 22.2 Å². The van der Waals surface area contributed by atoms with Crippen LogP contribution in [0.5, 0.6) is 0 Å². The summed E-state index contributed by atoms with van der Waals surface area (Å²) in [4.78, 5) is 37.1. The Kier molecular flexibility index (Phi) is 11.5. The van der Waals surface area contributed by atoms with E-state index in [1.807, 2.05) is 52.8 Å². The van der Waals surface area contributed by atoms with Crippen molar-refractivity contribution in [2.24, 2.45) is 0 Å². The Labute approximate surface area is 212 Å². The van der Waals surface area contributed by atoms with Crippen molar-refractivity contribution in [1.82, 2.24) is 19.8 Å². The van der Waals surface area contributed by atoms with Crippen molar-refractivity contribution in [2.45, 2.75) is 72.8 Å². The summed E-state index contributed by atoms with van der Waals surface area (Å²) in [6.45, 7) is 13.5. The van der Waals surface area contributed by atoms with E-state index in [0.29, 0.717) is 5.82 Å². The fourth-order valence-electron chi connectivity index (χ4n) is 3.32. The zero-order chi connectivity index (χ0) is 26.9. The lowest BCUT2D eigenvalue weighted by Crippen LogP contribution is -2.47. The predicted molar refractivity (Wildman–Crippen MR) is 140 cm³/mol. The summed E-state index contributed by atoms with van der Waals surface area (Å²) in [7, 11) is 1.58. The van der Waals surface area contributed by atoms with Crippen molar-refractivity contribution in [2.75, 3.05) is 30.5 Å². The lowest BCUT2D eigenvalue weighted by molar-refractivity contribution is -0.117. The molecule has 0 fully saturated rings. The first kappa shape index (κ1) is 30.2. The number of nitrogens with one attached hydrogen (secondary N) is 1. The van der Waals surface area contributed by atoms with E-state index < -0.39 is 17.3 Å². The molecule has 35 heavy (non-hydrogen) atoms. The highest BCUT2D eigenvalue weighted by atomic mass is 35.5. The van der Waals surface area contributed by atoms with Gasteiger partial charge in [0.05, 0.1) is 5.69 Å². The third-order valence-electron chi connectivity index (χ3n) is 4.94. The maximum absolute atomic E-state index is 12.0. The summed E-state index contributed by atoms with van der Waals surface area (Å²) in [6, 6.07) is 5.53. The van der Waals surface area contributed by atoms with Crippen LogP contribution in [0.4, 0.5) is 10.5 Å². The molecule has 2 amide bonds. The van der Waals surface area contributed by atoms with Gasteiger partial charge in [-0.3, -0.25) is 9.69 Å². The van der Waals surface area contributed by atoms with E-state index in [1.54, 1.807) is 12.0 Å². The summed E-state index contributed by atoms with van der Waals surface area (Å²) in [5.41, 5.74) is 2.16. The predicted octanol–water partition coefficient (Wildman–Crippen LogP) is 3.23. The van der Waals surface area contributed by atoms with Gasteiger partial charge in [-0.2, -0.15) is 4.68 Å². The van der Waals surface area contributed by atoms with Gasteiger partial charge in [0.25, 0.3) is 0 Å². The molecule has 196 valence electrons. The number of anilines is 1. The summed E-state index contributed by atoms with van der Waals surface area (Å²) >= 11 is 5.68. The molecule has 0 bridgehead atoms. The highest BCUT2D eigenvalue weighted by Gasteiger charge is 2.22. The van der Waals surface area contributed by atoms with Gasteiger partial charge in [0, 0.05) is 18.6 Å². The highest BCUT2D eigenvalue weighted by molar-refractivity contribution is 6.29. The topological polar surface area (TPSA) is 124 Å². The Morgan fingerprint density at radius 1 is 1.20 bits per heavy atom. The van der Waals surface area contributed by atoms with Crippen LogP contribution in [0.15, 0.2) is 23.0 Å². The third kappa shape index (κ3) is 8.10. The number of aromatic nitrogens is 3. The van der Waals surface area contributed by atoms with E-state index in [2.05, 4.69) is 24.3 Å². The van der Waals surface area contributed by atoms with Gasteiger partial charge in [0.1, 0.15) is 12.6 Å². The fraction of sp³-hybridized carbons (Fsp3) is 0.583. The van der Waals surface area contributed by atoms with Crippen molar-refractivity contribution in [3.05, 3.63) is 45.6 Å². The highest BCUT2D eigenvalue weighted by Crippen LogP contribution is 2.27. The minimum atomic E-state index is -0.643. The molecule has 0 saturated heterocycles. The molecule has 0 atom stereocenters. The van der Waals surface area contributed by atoms with Gasteiger partial charge >= 0.3 is 11.7 Å². The Hall–Kier alpha value is -2.85. The normalized spacial score (nSPS) is 11.1. The molecule has 0 unspecified atom stereocenters. The molecule has 10 nitrogen and oxygen atoms in total. The number of nitrogens with zero attached hydrogens (tertiary/aromatic N) is 4. The lowest BCUT2D eigenvalue weighted by atomic mass is 10.0. The lowest BCUT2D eigenvalue weighted by Gasteiger charge is -2.26. The zero-order valence-corrected chi connectivity index (χ0v) is 22.8. The molecule has 1 aromatic carbocycles. The molecule has 0 aliphatic rings. The summed E-state index contributed by atoms with van der Waals surface area (Å²) in [5, 5.41) is 6.57. The fourth-order valence-corrected chi connectivity index (χ4v) is 3.46. The van der Waals surface area contributed by atoms with Gasteiger partial charge in [-0.1, -0.05) is 45.9 Å². The Bertz CT molecular complexity index is 1030. The molecule has 3 N–H and O–H groups in total. The standard InChI is InChI=1S/C14H20ClNO2.C10H19N5O2/c1-4-11-7-6-8-12(5-2)14(11)16(10-18-3)13(17)9-15;1-6(2)7-13-15(9(17)14(7)11)8(16)12-10(3,4)5/h6-8H,4-5,9-10H2,1-3H3;6H,11H2,1-5H3,(H,12,16). The molecular formula is C24H39ClN6O4. The smallest absolute Gasteiger partial charge is 0.364 e. The minimum Gasteiger partial charge on any atom is -0.364 e. The number of hydrogen-bond donors (Lipinski definition) is 2. The van der Waals surface area contributed by atoms with Gasteiger partial charge < -0.3 is 15.9 Å². The summed E-state index contributed by atoms with van der Waals surface area (Å²) < 4.78 is 6.77. The number of aryl methyl sites for hydroxylation is 2. The second kappa shape index (κ2) is 13.3. The number of carbonyl (C=O) groups excluding carboxylic acids is 2. The molecule has 1 aromatic heterocycles. The van der Waals surface area contributed by atoms with Crippen LogP contribution in [0.1, 0.15) is 71.3 Å². The maximum atomic E-state index is 12.0. The van der Waals surface area contributed by atoms with Crippen LogP contribution in [-0.2, 0) is 22.4 Å². The molecule has 1 heterocycles. The number of para-hydroxylation sites is 1. The van der Waals surface area contributed by atoms with Crippen molar-refractivity contribution < 1.29 is 14.3 Å². The zero-order valence-electron chi connectivity index (χ0n) is 22.0. The molecule has 0 saturated carbocycles. The molecule has 2 rings (SSSR count). The number of nitrogens with two attached hydrogens (primary N) is 1. The number of carbonyl (C=O) groups is 2. The van der Waals surface area contributed by atoms with E-state index in [-0.39, 0.29) is 24.4 Å². The van der Waals surface area contributed by atoms with E-state index >= 15 is 0 Å². The van der Waals surface area contributed by atoms with Crippen LogP contribution in [0.2, 0.25) is 0 Å². The van der Waals surface area contributed by atoms with Crippen LogP contribution in [0.3, 0.4) is 0 Å². The first-order valence-corrected chi connectivity index (χ1v) is 12.1. The van der Waals surface area contributed by atoms with Crippen molar-refractivity contribution in [3.8, 4) is 0 Å². The maximum Gasteiger partial charge on any atom is 0.373 e. The number of amides is 2. The summed E-state index contributed by atoms with van der Waals surface area (Å²) in [5.74, 6) is 5.72. The van der Waals surface area contributed by atoms with Crippen LogP contribution in [-0.4, -0.2) is 51.7 Å². The average molecular weight is 511 g/mol. The van der Waals surface area contributed by atoms with E-state index in [0.717, 1.165) is 39.0 Å². The molecular weight excluding hydrogens is 472 g/mol. The second-order valence-corrected chi connectivity index (χ2v) is 9.53. The first-order valence-electron chi connectivity index (χ1n) is 11.6. The van der Waals surface area contributed by atoms with Gasteiger partial charge in [-0.15, -0.1) is 21.4 Å². The Balaban J connectivity index is 0.000000351. The van der Waals surface area contributed by atoms with Crippen molar-refractivity contribution in [3.63, 3.8) is 0 Å². The SMILES string of the molecule is CC(C)c1nn(C(=O)NC(C)(C)C)c(=O)n1N.CCc1cccc(CC)c1N(COC)C(=O)CCl. The van der Waals surface area contributed by atoms with Crippen LogP contribution in [0, 0.1) is 0 Å².